The number of carboxylic acids is 1. The predicted molar refractivity (Wildman–Crippen MR) is 124 cm³/mol. The number of nitrogens with one attached hydrogen (secondary N) is 1. The summed E-state index contributed by atoms with van der Waals surface area (Å²) >= 11 is 0. The highest BCUT2D eigenvalue weighted by Crippen LogP contribution is 2.34. The van der Waals surface area contributed by atoms with E-state index >= 15 is 0 Å². The van der Waals surface area contributed by atoms with Crippen LogP contribution in [0.2, 0.25) is 0 Å². The summed E-state index contributed by atoms with van der Waals surface area (Å²) in [5, 5.41) is 13.8. The molecule has 0 bridgehead atoms. The minimum Gasteiger partial charge on any atom is -0.479 e. The van der Waals surface area contributed by atoms with Gasteiger partial charge in [0.1, 0.15) is 16.9 Å². The highest BCUT2D eigenvalue weighted by atomic mass is 16.4. The van der Waals surface area contributed by atoms with Crippen LogP contribution in [0.1, 0.15) is 46.0 Å². The van der Waals surface area contributed by atoms with Crippen molar-refractivity contribution in [2.45, 2.75) is 46.6 Å². The smallest absolute Gasteiger partial charge is 0.339 e. The quantitative estimate of drug-likeness (QED) is 0.417. The molecule has 0 aliphatic rings. The third kappa shape index (κ3) is 4.02. The van der Waals surface area contributed by atoms with Gasteiger partial charge in [-0.2, -0.15) is 0 Å². The number of carbonyl (C=O) groups is 2. The van der Waals surface area contributed by atoms with E-state index in [2.05, 4.69) is 5.32 Å². The fourth-order valence-electron chi connectivity index (χ4n) is 4.19. The monoisotopic (exact) mass is 447 g/mol. The second kappa shape index (κ2) is 8.58. The van der Waals surface area contributed by atoms with Gasteiger partial charge in [-0.25, -0.2) is 9.59 Å². The van der Waals surface area contributed by atoms with Gasteiger partial charge in [0.05, 0.1) is 0 Å². The fourth-order valence-corrected chi connectivity index (χ4v) is 4.19. The second-order valence-corrected chi connectivity index (χ2v) is 8.28. The largest absolute Gasteiger partial charge is 0.479 e. The maximum absolute atomic E-state index is 12.8. The number of hydrogen-bond acceptors (Lipinski definition) is 5. The van der Waals surface area contributed by atoms with Crippen LogP contribution in [0.15, 0.2) is 50.0 Å². The van der Waals surface area contributed by atoms with Crippen molar-refractivity contribution >= 4 is 33.8 Å². The number of furan rings is 1. The lowest BCUT2D eigenvalue weighted by Crippen LogP contribution is -2.34. The molecule has 0 saturated carbocycles. The molecule has 0 aliphatic carbocycles. The molecule has 0 unspecified atom stereocenters. The van der Waals surface area contributed by atoms with Crippen LogP contribution in [0.5, 0.6) is 0 Å². The van der Waals surface area contributed by atoms with Crippen LogP contribution in [0.3, 0.4) is 0 Å². The topological polar surface area (TPSA) is 110 Å². The zero-order valence-electron chi connectivity index (χ0n) is 18.9. The van der Waals surface area contributed by atoms with Crippen molar-refractivity contribution in [3.8, 4) is 0 Å². The first-order valence-corrected chi connectivity index (χ1v) is 10.7. The summed E-state index contributed by atoms with van der Waals surface area (Å²) in [5.41, 5.74) is 4.08. The van der Waals surface area contributed by atoms with Crippen LogP contribution in [0, 0.1) is 27.7 Å². The molecule has 1 amide bonds. The van der Waals surface area contributed by atoms with Gasteiger partial charge in [0, 0.05) is 28.3 Å². The number of aryl methyl sites for hydroxylation is 4. The lowest BCUT2D eigenvalue weighted by molar-refractivity contribution is -0.142. The average molecular weight is 447 g/mol. The normalized spacial score (nSPS) is 12.2. The third-order valence-electron chi connectivity index (χ3n) is 6.23. The Hall–Kier alpha value is -3.87. The molecule has 0 spiro atoms. The van der Waals surface area contributed by atoms with E-state index in [0.29, 0.717) is 22.3 Å². The highest BCUT2D eigenvalue weighted by Gasteiger charge is 2.23. The van der Waals surface area contributed by atoms with E-state index in [0.717, 1.165) is 33.2 Å². The van der Waals surface area contributed by atoms with E-state index in [1.807, 2.05) is 33.8 Å². The van der Waals surface area contributed by atoms with Gasteiger partial charge in [-0.1, -0.05) is 30.3 Å². The zero-order chi connectivity index (χ0) is 23.9. The van der Waals surface area contributed by atoms with Crippen molar-refractivity contribution < 1.29 is 23.5 Å². The minimum atomic E-state index is -1.16. The molecule has 2 N–H and O–H groups in total. The van der Waals surface area contributed by atoms with Crippen LogP contribution in [0.4, 0.5) is 0 Å². The molecule has 0 saturated heterocycles. The molecule has 7 heteroatoms. The molecule has 0 radical (unpaired) electrons. The first kappa shape index (κ1) is 22.3. The van der Waals surface area contributed by atoms with Gasteiger partial charge >= 0.3 is 11.6 Å². The zero-order valence-corrected chi connectivity index (χ0v) is 18.9. The number of aliphatic carboxylic acids is 1. The van der Waals surface area contributed by atoms with Crippen LogP contribution >= 0.6 is 0 Å². The Balaban J connectivity index is 1.63. The Labute approximate surface area is 190 Å². The number of carbonyl (C=O) groups excluding carboxylic acids is 1. The molecule has 1 atom stereocenters. The highest BCUT2D eigenvalue weighted by molar-refractivity contribution is 6.00. The van der Waals surface area contributed by atoms with Gasteiger partial charge in [0.25, 0.3) is 0 Å². The molecule has 2 heterocycles. The first-order chi connectivity index (χ1) is 15.7. The van der Waals surface area contributed by atoms with E-state index in [1.54, 1.807) is 30.3 Å². The van der Waals surface area contributed by atoms with Gasteiger partial charge < -0.3 is 19.3 Å². The Morgan fingerprint density at radius 2 is 1.58 bits per heavy atom. The Morgan fingerprint density at radius 3 is 2.24 bits per heavy atom. The molecular formula is C26H25NO6. The fraction of sp³-hybridized carbons (Fsp3) is 0.269. The molecule has 0 fully saturated rings. The summed E-state index contributed by atoms with van der Waals surface area (Å²) in [6.07, 6.45) is 0.0936. The maximum Gasteiger partial charge on any atom is 0.339 e. The average Bonchev–Trinajstić information content (AvgIpc) is 3.07. The lowest BCUT2D eigenvalue weighted by Gasteiger charge is -2.15. The van der Waals surface area contributed by atoms with Crippen molar-refractivity contribution in [3.63, 3.8) is 0 Å². The lowest BCUT2D eigenvalue weighted by atomic mass is 9.98. The second-order valence-electron chi connectivity index (χ2n) is 8.28. The molecule has 2 aromatic heterocycles. The van der Waals surface area contributed by atoms with Gasteiger partial charge in [-0.3, -0.25) is 4.79 Å². The van der Waals surface area contributed by atoms with E-state index in [4.69, 9.17) is 8.83 Å². The number of fused-ring (bicyclic) bond motifs is 2. The van der Waals surface area contributed by atoms with Crippen LogP contribution in [0.25, 0.3) is 21.9 Å². The molecule has 2 aromatic carbocycles. The van der Waals surface area contributed by atoms with Crippen molar-refractivity contribution in [2.24, 2.45) is 0 Å². The van der Waals surface area contributed by atoms with Crippen molar-refractivity contribution in [1.29, 1.82) is 0 Å². The van der Waals surface area contributed by atoms with Gasteiger partial charge in [0.2, 0.25) is 5.91 Å². The molecule has 0 aliphatic heterocycles. The number of benzene rings is 2. The predicted octanol–water partition coefficient (Wildman–Crippen LogP) is 4.65. The van der Waals surface area contributed by atoms with Crippen molar-refractivity contribution in [1.82, 2.24) is 5.32 Å². The van der Waals surface area contributed by atoms with E-state index < -0.39 is 23.5 Å². The standard InChI is InChI=1S/C26H25NO6/c1-13-16(4)32-23-15(3)24-20(12-19(13)23)14(2)18(26(31)33-24)10-11-21(28)27-22(25(29)30)17-8-6-5-7-9-17/h5-9,12,22H,10-11H2,1-4H3,(H,27,28)(H,29,30)/t22-/m0/s1. The molecular weight excluding hydrogens is 422 g/mol. The summed E-state index contributed by atoms with van der Waals surface area (Å²) in [4.78, 5) is 36.9. The van der Waals surface area contributed by atoms with Crippen LogP contribution < -0.4 is 10.9 Å². The van der Waals surface area contributed by atoms with E-state index in [1.165, 1.54) is 0 Å². The van der Waals surface area contributed by atoms with Gasteiger partial charge in [-0.15, -0.1) is 0 Å². The van der Waals surface area contributed by atoms with Crippen molar-refractivity contribution in [2.75, 3.05) is 0 Å². The summed E-state index contributed by atoms with van der Waals surface area (Å²) in [5.74, 6) is -0.800. The van der Waals surface area contributed by atoms with Crippen LogP contribution in [-0.4, -0.2) is 17.0 Å². The van der Waals surface area contributed by atoms with E-state index in [9.17, 15) is 19.5 Å². The summed E-state index contributed by atoms with van der Waals surface area (Å²) in [6.45, 7) is 7.58. The van der Waals surface area contributed by atoms with Gasteiger partial charge in [-0.05, 0) is 56.9 Å². The summed E-state index contributed by atoms with van der Waals surface area (Å²) in [6, 6.07) is 9.28. The Kier molecular flexibility index (Phi) is 5.80. The number of carboxylic acid groups (broad SMARTS) is 1. The molecule has 4 rings (SSSR count). The number of rotatable bonds is 6. The molecule has 4 aromatic rings. The van der Waals surface area contributed by atoms with Gasteiger partial charge in [0.15, 0.2) is 6.04 Å². The van der Waals surface area contributed by atoms with Crippen molar-refractivity contribution in [3.05, 3.63) is 80.4 Å². The number of hydrogen-bond donors (Lipinski definition) is 2. The maximum atomic E-state index is 12.8. The molecule has 33 heavy (non-hydrogen) atoms. The SMILES string of the molecule is Cc1oc2c(C)c3oc(=O)c(CCC(=O)N[C@H](C(=O)O)c4ccccc4)c(C)c3cc2c1C. The van der Waals surface area contributed by atoms with Crippen LogP contribution in [-0.2, 0) is 16.0 Å². The number of amides is 1. The third-order valence-corrected chi connectivity index (χ3v) is 6.23. The Bertz CT molecular complexity index is 1450. The minimum absolute atomic E-state index is 0.0429. The first-order valence-electron chi connectivity index (χ1n) is 10.7. The summed E-state index contributed by atoms with van der Waals surface area (Å²) in [7, 11) is 0. The summed E-state index contributed by atoms with van der Waals surface area (Å²) < 4.78 is 11.5. The Morgan fingerprint density at radius 1 is 0.939 bits per heavy atom. The van der Waals surface area contributed by atoms with E-state index in [-0.39, 0.29) is 12.8 Å². The molecule has 7 nitrogen and oxygen atoms in total. The molecule has 170 valence electrons.